The molecule has 3 aromatic carbocycles. The number of hydrogen-bond donors (Lipinski definition) is 1. The molecule has 0 aromatic heterocycles. The molecule has 0 heterocycles. The summed E-state index contributed by atoms with van der Waals surface area (Å²) in [7, 11) is 3.08. The van der Waals surface area contributed by atoms with Crippen LogP contribution in [0, 0.1) is 0 Å². The number of methoxy groups -OCH3 is 2. The first-order chi connectivity index (χ1) is 13.6. The molecule has 0 bridgehead atoms. The highest BCUT2D eigenvalue weighted by Gasteiger charge is 2.13. The van der Waals surface area contributed by atoms with Crippen LogP contribution in [0.25, 0.3) is 0 Å². The van der Waals surface area contributed by atoms with E-state index in [9.17, 15) is 4.79 Å². The second-order valence-corrected chi connectivity index (χ2v) is 6.31. The Kier molecular flexibility index (Phi) is 6.40. The molecule has 0 fully saturated rings. The summed E-state index contributed by atoms with van der Waals surface area (Å²) in [5.74, 6) is 1.29. The zero-order valence-corrected chi connectivity index (χ0v) is 16.3. The van der Waals surface area contributed by atoms with Gasteiger partial charge in [-0.1, -0.05) is 41.9 Å². The number of anilines is 1. The number of amides is 1. The van der Waals surface area contributed by atoms with Gasteiger partial charge in [-0.2, -0.15) is 0 Å². The van der Waals surface area contributed by atoms with Crippen molar-refractivity contribution in [3.8, 4) is 17.2 Å². The van der Waals surface area contributed by atoms with Gasteiger partial charge in [0.1, 0.15) is 12.4 Å². The lowest BCUT2D eigenvalue weighted by atomic mass is 10.1. The van der Waals surface area contributed by atoms with Gasteiger partial charge in [0, 0.05) is 16.1 Å². The number of carbonyl (C=O) groups is 1. The normalized spacial score (nSPS) is 10.2. The smallest absolute Gasteiger partial charge is 0.255 e. The van der Waals surface area contributed by atoms with E-state index in [4.69, 9.17) is 25.8 Å². The number of rotatable bonds is 7. The maximum atomic E-state index is 12.6. The van der Waals surface area contributed by atoms with Gasteiger partial charge < -0.3 is 19.5 Å². The van der Waals surface area contributed by atoms with E-state index in [0.29, 0.717) is 40.1 Å². The average molecular weight is 398 g/mol. The molecular weight excluding hydrogens is 378 g/mol. The third-order valence-corrected chi connectivity index (χ3v) is 4.49. The highest BCUT2D eigenvalue weighted by molar-refractivity contribution is 6.31. The summed E-state index contributed by atoms with van der Waals surface area (Å²) in [6.45, 7) is 0.294. The Morgan fingerprint density at radius 2 is 1.61 bits per heavy atom. The second-order valence-electron chi connectivity index (χ2n) is 5.90. The average Bonchev–Trinajstić information content (AvgIpc) is 2.73. The van der Waals surface area contributed by atoms with Crippen LogP contribution in [0.15, 0.2) is 66.7 Å². The summed E-state index contributed by atoms with van der Waals surface area (Å²) >= 11 is 6.16. The van der Waals surface area contributed by atoms with Gasteiger partial charge in [-0.3, -0.25) is 4.79 Å². The molecule has 28 heavy (non-hydrogen) atoms. The topological polar surface area (TPSA) is 56.8 Å². The summed E-state index contributed by atoms with van der Waals surface area (Å²) in [5.41, 5.74) is 1.89. The van der Waals surface area contributed by atoms with Crippen LogP contribution in [0.2, 0.25) is 5.02 Å². The van der Waals surface area contributed by atoms with Gasteiger partial charge in [0.2, 0.25) is 0 Å². The standard InChI is InChI=1S/C22H20ClNO4/c1-26-19-10-6-5-9-18(19)24-22(25)15-11-12-20(21(13-15)27-2)28-14-16-7-3-4-8-17(16)23/h3-13H,14H2,1-2H3,(H,24,25). The predicted molar refractivity (Wildman–Crippen MR) is 110 cm³/mol. The molecule has 0 unspecified atom stereocenters. The highest BCUT2D eigenvalue weighted by Crippen LogP contribution is 2.30. The zero-order chi connectivity index (χ0) is 19.9. The molecule has 0 radical (unpaired) electrons. The molecular formula is C22H20ClNO4. The summed E-state index contributed by atoms with van der Waals surface area (Å²) in [6.07, 6.45) is 0. The van der Waals surface area contributed by atoms with Gasteiger partial charge >= 0.3 is 0 Å². The van der Waals surface area contributed by atoms with Gasteiger partial charge in [0.05, 0.1) is 19.9 Å². The van der Waals surface area contributed by atoms with Crippen molar-refractivity contribution in [2.75, 3.05) is 19.5 Å². The minimum absolute atomic E-state index is 0.277. The second kappa shape index (κ2) is 9.15. The zero-order valence-electron chi connectivity index (χ0n) is 15.6. The van der Waals surface area contributed by atoms with Crippen LogP contribution < -0.4 is 19.5 Å². The quantitative estimate of drug-likeness (QED) is 0.596. The maximum absolute atomic E-state index is 12.6. The fourth-order valence-electron chi connectivity index (χ4n) is 2.64. The summed E-state index contributed by atoms with van der Waals surface area (Å²) in [4.78, 5) is 12.6. The number of hydrogen-bond acceptors (Lipinski definition) is 4. The summed E-state index contributed by atoms with van der Waals surface area (Å²) < 4.78 is 16.5. The van der Waals surface area contributed by atoms with Crippen molar-refractivity contribution in [1.29, 1.82) is 0 Å². The molecule has 0 aliphatic rings. The molecule has 0 saturated carbocycles. The van der Waals surface area contributed by atoms with E-state index in [0.717, 1.165) is 5.56 Å². The Bertz CT molecular complexity index is 974. The Balaban J connectivity index is 1.75. The van der Waals surface area contributed by atoms with Gasteiger partial charge in [-0.05, 0) is 36.4 Å². The van der Waals surface area contributed by atoms with Crippen LogP contribution in [0.3, 0.4) is 0 Å². The molecule has 0 atom stereocenters. The van der Waals surface area contributed by atoms with E-state index in [1.165, 1.54) is 7.11 Å². The minimum atomic E-state index is -0.277. The molecule has 0 aliphatic carbocycles. The van der Waals surface area contributed by atoms with Crippen molar-refractivity contribution in [2.24, 2.45) is 0 Å². The van der Waals surface area contributed by atoms with Crippen molar-refractivity contribution >= 4 is 23.2 Å². The van der Waals surface area contributed by atoms with Crippen molar-refractivity contribution in [3.63, 3.8) is 0 Å². The van der Waals surface area contributed by atoms with E-state index in [-0.39, 0.29) is 5.91 Å². The third-order valence-electron chi connectivity index (χ3n) is 4.12. The van der Waals surface area contributed by atoms with Crippen LogP contribution in [0.1, 0.15) is 15.9 Å². The Hall–Kier alpha value is -3.18. The lowest BCUT2D eigenvalue weighted by Crippen LogP contribution is -2.13. The van der Waals surface area contributed by atoms with Crippen molar-refractivity contribution in [3.05, 3.63) is 82.9 Å². The highest BCUT2D eigenvalue weighted by atomic mass is 35.5. The van der Waals surface area contributed by atoms with Crippen LogP contribution in [-0.4, -0.2) is 20.1 Å². The number of carbonyl (C=O) groups excluding carboxylic acids is 1. The first kappa shape index (κ1) is 19.6. The molecule has 0 aliphatic heterocycles. The number of benzene rings is 3. The molecule has 1 N–H and O–H groups in total. The van der Waals surface area contributed by atoms with Gasteiger partial charge in [-0.25, -0.2) is 0 Å². The number of ether oxygens (including phenoxy) is 3. The molecule has 0 spiro atoms. The molecule has 3 aromatic rings. The molecule has 144 valence electrons. The summed E-state index contributed by atoms with van der Waals surface area (Å²) in [5, 5.41) is 3.47. The predicted octanol–water partition coefficient (Wildman–Crippen LogP) is 5.19. The molecule has 1 amide bonds. The van der Waals surface area contributed by atoms with E-state index < -0.39 is 0 Å². The van der Waals surface area contributed by atoms with Gasteiger partial charge in [-0.15, -0.1) is 0 Å². The number of halogens is 1. The van der Waals surface area contributed by atoms with Gasteiger partial charge in [0.25, 0.3) is 5.91 Å². The van der Waals surface area contributed by atoms with Gasteiger partial charge in [0.15, 0.2) is 11.5 Å². The largest absolute Gasteiger partial charge is 0.495 e. The third kappa shape index (κ3) is 4.56. The first-order valence-electron chi connectivity index (χ1n) is 8.61. The Labute approximate surface area is 168 Å². The lowest BCUT2D eigenvalue weighted by molar-refractivity contribution is 0.102. The molecule has 3 rings (SSSR count). The SMILES string of the molecule is COc1ccccc1NC(=O)c1ccc(OCc2ccccc2Cl)c(OC)c1. The molecule has 6 heteroatoms. The summed E-state index contributed by atoms with van der Waals surface area (Å²) in [6, 6.07) is 19.7. The van der Waals surface area contributed by atoms with Crippen molar-refractivity contribution in [2.45, 2.75) is 6.61 Å². The van der Waals surface area contributed by atoms with Crippen molar-refractivity contribution < 1.29 is 19.0 Å². The van der Waals surface area contributed by atoms with Crippen LogP contribution in [0.5, 0.6) is 17.2 Å². The molecule has 5 nitrogen and oxygen atoms in total. The first-order valence-corrected chi connectivity index (χ1v) is 8.98. The molecule has 0 saturated heterocycles. The monoisotopic (exact) mass is 397 g/mol. The van der Waals surface area contributed by atoms with E-state index in [2.05, 4.69) is 5.32 Å². The Morgan fingerprint density at radius 3 is 2.36 bits per heavy atom. The maximum Gasteiger partial charge on any atom is 0.255 e. The van der Waals surface area contributed by atoms with E-state index >= 15 is 0 Å². The van der Waals surface area contributed by atoms with Crippen molar-refractivity contribution in [1.82, 2.24) is 0 Å². The number of nitrogens with one attached hydrogen (secondary N) is 1. The lowest BCUT2D eigenvalue weighted by Gasteiger charge is -2.14. The van der Waals surface area contributed by atoms with Crippen LogP contribution >= 0.6 is 11.6 Å². The minimum Gasteiger partial charge on any atom is -0.495 e. The van der Waals surface area contributed by atoms with E-state index in [1.807, 2.05) is 36.4 Å². The Morgan fingerprint density at radius 1 is 0.893 bits per heavy atom. The fraction of sp³-hybridized carbons (Fsp3) is 0.136. The van der Waals surface area contributed by atoms with Crippen LogP contribution in [-0.2, 0) is 6.61 Å². The van der Waals surface area contributed by atoms with Crippen LogP contribution in [0.4, 0.5) is 5.69 Å². The fourth-order valence-corrected chi connectivity index (χ4v) is 2.83. The van der Waals surface area contributed by atoms with E-state index in [1.54, 1.807) is 37.4 Å². The number of para-hydroxylation sites is 2.